The van der Waals surface area contributed by atoms with Gasteiger partial charge in [-0.1, -0.05) is 0 Å². The largest absolute Gasteiger partial charge is 0.380 e. The number of likely N-dealkylation sites (tertiary alicyclic amines) is 1. The minimum Gasteiger partial charge on any atom is -0.380 e. The third-order valence-corrected chi connectivity index (χ3v) is 3.17. The third kappa shape index (κ3) is 4.61. The van der Waals surface area contributed by atoms with Crippen LogP contribution in [0.15, 0.2) is 0 Å². The molecular formula is C12H25N3O2. The second kappa shape index (κ2) is 6.93. The van der Waals surface area contributed by atoms with E-state index in [4.69, 9.17) is 10.5 Å². The summed E-state index contributed by atoms with van der Waals surface area (Å²) in [5.74, 6) is 0.0799. The van der Waals surface area contributed by atoms with Crippen LogP contribution < -0.4 is 11.1 Å². The first-order valence-corrected chi connectivity index (χ1v) is 6.33. The number of carbonyl (C=O) groups is 1. The first kappa shape index (κ1) is 14.4. The Kier molecular flexibility index (Phi) is 5.88. The van der Waals surface area contributed by atoms with Crippen LogP contribution >= 0.6 is 0 Å². The first-order chi connectivity index (χ1) is 8.06. The number of nitrogens with one attached hydrogen (secondary N) is 1. The van der Waals surface area contributed by atoms with E-state index in [0.29, 0.717) is 13.0 Å². The Labute approximate surface area is 104 Å². The molecule has 100 valence electrons. The van der Waals surface area contributed by atoms with Gasteiger partial charge in [-0.15, -0.1) is 0 Å². The molecule has 2 atom stereocenters. The quantitative estimate of drug-likeness (QED) is 0.686. The van der Waals surface area contributed by atoms with E-state index in [-0.39, 0.29) is 24.1 Å². The van der Waals surface area contributed by atoms with E-state index >= 15 is 0 Å². The molecule has 0 aromatic rings. The Balaban J connectivity index is 2.40. The lowest BCUT2D eigenvalue weighted by Gasteiger charge is -2.26. The van der Waals surface area contributed by atoms with Crippen LogP contribution in [0.1, 0.15) is 26.7 Å². The number of nitrogens with two attached hydrogens (primary N) is 1. The number of carbonyl (C=O) groups excluding carboxylic acids is 1. The van der Waals surface area contributed by atoms with E-state index in [1.54, 1.807) is 7.11 Å². The van der Waals surface area contributed by atoms with Crippen LogP contribution in [-0.4, -0.2) is 55.7 Å². The Bertz CT molecular complexity index is 246. The van der Waals surface area contributed by atoms with E-state index in [2.05, 4.69) is 10.2 Å². The van der Waals surface area contributed by atoms with Crippen molar-refractivity contribution in [2.75, 3.05) is 26.7 Å². The SMILES string of the molecule is COC1CCN(C(CN)CC(=O)NC(C)C)C1. The molecule has 0 aromatic heterocycles. The highest BCUT2D eigenvalue weighted by Crippen LogP contribution is 2.16. The summed E-state index contributed by atoms with van der Waals surface area (Å²) in [4.78, 5) is 14.0. The zero-order valence-corrected chi connectivity index (χ0v) is 11.1. The zero-order chi connectivity index (χ0) is 12.8. The van der Waals surface area contributed by atoms with Gasteiger partial charge >= 0.3 is 0 Å². The van der Waals surface area contributed by atoms with Crippen LogP contribution in [-0.2, 0) is 9.53 Å². The number of amides is 1. The maximum Gasteiger partial charge on any atom is 0.221 e. The molecule has 1 heterocycles. The van der Waals surface area contributed by atoms with Gasteiger partial charge in [0.05, 0.1) is 6.10 Å². The van der Waals surface area contributed by atoms with E-state index in [9.17, 15) is 4.79 Å². The van der Waals surface area contributed by atoms with Crippen molar-refractivity contribution < 1.29 is 9.53 Å². The fourth-order valence-corrected chi connectivity index (χ4v) is 2.23. The van der Waals surface area contributed by atoms with E-state index < -0.39 is 0 Å². The molecular weight excluding hydrogens is 218 g/mol. The molecule has 5 nitrogen and oxygen atoms in total. The van der Waals surface area contributed by atoms with Gasteiger partial charge in [0, 0.05) is 45.2 Å². The lowest BCUT2D eigenvalue weighted by atomic mass is 10.1. The van der Waals surface area contributed by atoms with Crippen LogP contribution in [0, 0.1) is 0 Å². The monoisotopic (exact) mass is 243 g/mol. The summed E-state index contributed by atoms with van der Waals surface area (Å²) >= 11 is 0. The molecule has 0 aliphatic carbocycles. The zero-order valence-electron chi connectivity index (χ0n) is 11.1. The van der Waals surface area contributed by atoms with Crippen molar-refractivity contribution in [1.82, 2.24) is 10.2 Å². The molecule has 1 saturated heterocycles. The van der Waals surface area contributed by atoms with Crippen LogP contribution in [0.25, 0.3) is 0 Å². The van der Waals surface area contributed by atoms with Gasteiger partial charge in [-0.3, -0.25) is 9.69 Å². The summed E-state index contributed by atoms with van der Waals surface area (Å²) in [5, 5.41) is 2.90. The minimum atomic E-state index is 0.0799. The highest BCUT2D eigenvalue weighted by atomic mass is 16.5. The molecule has 0 saturated carbocycles. The lowest BCUT2D eigenvalue weighted by molar-refractivity contribution is -0.122. The number of ether oxygens (including phenoxy) is 1. The van der Waals surface area contributed by atoms with Crippen LogP contribution in [0.3, 0.4) is 0 Å². The normalized spacial score (nSPS) is 23.0. The fourth-order valence-electron chi connectivity index (χ4n) is 2.23. The topological polar surface area (TPSA) is 67.6 Å². The first-order valence-electron chi connectivity index (χ1n) is 6.33. The molecule has 1 fully saturated rings. The molecule has 1 rings (SSSR count). The fraction of sp³-hybridized carbons (Fsp3) is 0.917. The Morgan fingerprint density at radius 1 is 1.59 bits per heavy atom. The van der Waals surface area contributed by atoms with Gasteiger partial charge in [-0.05, 0) is 20.3 Å². The van der Waals surface area contributed by atoms with Crippen LogP contribution in [0.5, 0.6) is 0 Å². The van der Waals surface area contributed by atoms with Gasteiger partial charge in [0.15, 0.2) is 0 Å². The molecule has 1 aliphatic heterocycles. The van der Waals surface area contributed by atoms with Crippen molar-refractivity contribution in [2.45, 2.75) is 44.9 Å². The van der Waals surface area contributed by atoms with Gasteiger partial charge in [0.25, 0.3) is 0 Å². The summed E-state index contributed by atoms with van der Waals surface area (Å²) in [6.07, 6.45) is 1.79. The van der Waals surface area contributed by atoms with Gasteiger partial charge < -0.3 is 15.8 Å². The minimum absolute atomic E-state index is 0.0799. The number of nitrogens with zero attached hydrogens (tertiary/aromatic N) is 1. The van der Waals surface area contributed by atoms with E-state index in [0.717, 1.165) is 19.5 Å². The summed E-state index contributed by atoms with van der Waals surface area (Å²) in [6, 6.07) is 0.320. The smallest absolute Gasteiger partial charge is 0.221 e. The highest BCUT2D eigenvalue weighted by Gasteiger charge is 2.28. The predicted molar refractivity (Wildman–Crippen MR) is 67.7 cm³/mol. The Hall–Kier alpha value is -0.650. The number of hydrogen-bond acceptors (Lipinski definition) is 4. The summed E-state index contributed by atoms with van der Waals surface area (Å²) < 4.78 is 5.32. The molecule has 1 amide bonds. The second-order valence-electron chi connectivity index (χ2n) is 4.96. The maximum absolute atomic E-state index is 11.7. The second-order valence-corrected chi connectivity index (χ2v) is 4.96. The summed E-state index contributed by atoms with van der Waals surface area (Å²) in [7, 11) is 1.73. The van der Waals surface area contributed by atoms with Gasteiger partial charge in [-0.2, -0.15) is 0 Å². The third-order valence-electron chi connectivity index (χ3n) is 3.17. The van der Waals surface area contributed by atoms with Crippen molar-refractivity contribution in [3.05, 3.63) is 0 Å². The molecule has 0 radical (unpaired) electrons. The number of hydrogen-bond donors (Lipinski definition) is 2. The molecule has 17 heavy (non-hydrogen) atoms. The number of methoxy groups -OCH3 is 1. The molecule has 3 N–H and O–H groups in total. The summed E-state index contributed by atoms with van der Waals surface area (Å²) in [6.45, 7) is 6.29. The number of rotatable bonds is 6. The maximum atomic E-state index is 11.7. The highest BCUT2D eigenvalue weighted by molar-refractivity contribution is 5.76. The van der Waals surface area contributed by atoms with Crippen molar-refractivity contribution in [3.8, 4) is 0 Å². The van der Waals surface area contributed by atoms with Crippen LogP contribution in [0.4, 0.5) is 0 Å². The lowest BCUT2D eigenvalue weighted by Crippen LogP contribution is -2.44. The van der Waals surface area contributed by atoms with Crippen molar-refractivity contribution in [2.24, 2.45) is 5.73 Å². The standard InChI is InChI=1S/C12H25N3O2/c1-9(2)14-12(16)6-10(7-13)15-5-4-11(8-15)17-3/h9-11H,4-8,13H2,1-3H3,(H,14,16). The molecule has 0 aromatic carbocycles. The molecule has 1 aliphatic rings. The predicted octanol–water partition coefficient (Wildman–Crippen LogP) is -0.0509. The average Bonchev–Trinajstić information content (AvgIpc) is 2.73. The van der Waals surface area contributed by atoms with Crippen molar-refractivity contribution in [3.63, 3.8) is 0 Å². The van der Waals surface area contributed by atoms with Crippen molar-refractivity contribution >= 4 is 5.91 Å². The Morgan fingerprint density at radius 3 is 2.76 bits per heavy atom. The van der Waals surface area contributed by atoms with Gasteiger partial charge in [0.1, 0.15) is 0 Å². The molecule has 5 heteroatoms. The van der Waals surface area contributed by atoms with Gasteiger partial charge in [-0.25, -0.2) is 0 Å². The van der Waals surface area contributed by atoms with Gasteiger partial charge in [0.2, 0.25) is 5.91 Å². The van der Waals surface area contributed by atoms with E-state index in [1.807, 2.05) is 13.8 Å². The van der Waals surface area contributed by atoms with Crippen LogP contribution in [0.2, 0.25) is 0 Å². The molecule has 0 bridgehead atoms. The van der Waals surface area contributed by atoms with Crippen molar-refractivity contribution in [1.29, 1.82) is 0 Å². The average molecular weight is 243 g/mol. The Morgan fingerprint density at radius 2 is 2.29 bits per heavy atom. The molecule has 2 unspecified atom stereocenters. The molecule has 0 spiro atoms. The summed E-state index contributed by atoms with van der Waals surface area (Å²) in [5.41, 5.74) is 5.76. The van der Waals surface area contributed by atoms with E-state index in [1.165, 1.54) is 0 Å².